The van der Waals surface area contributed by atoms with Crippen LogP contribution in [0.15, 0.2) is 12.1 Å². The molecule has 3 fully saturated rings. The Morgan fingerprint density at radius 3 is 1.89 bits per heavy atom. The molecule has 0 aliphatic carbocycles. The van der Waals surface area contributed by atoms with Gasteiger partial charge in [0.1, 0.15) is 60.3 Å². The van der Waals surface area contributed by atoms with E-state index in [0.717, 1.165) is 65.0 Å². The van der Waals surface area contributed by atoms with Gasteiger partial charge in [-0.05, 0) is 73.9 Å². The molecular formula is C39H56B2O12. The van der Waals surface area contributed by atoms with Crippen LogP contribution >= 0.6 is 0 Å². The zero-order valence-electron chi connectivity index (χ0n) is 32.8. The van der Waals surface area contributed by atoms with E-state index >= 15 is 0 Å². The third kappa shape index (κ3) is 7.92. The van der Waals surface area contributed by atoms with Crippen LogP contribution in [0.25, 0.3) is 0 Å². The number of fused-ring (bicyclic) bond motifs is 3. The number of methoxy groups -OCH3 is 4. The molecule has 0 spiro atoms. The topological polar surface area (TPSA) is 133 Å². The second-order valence-electron chi connectivity index (χ2n) is 14.3. The third-order valence-corrected chi connectivity index (χ3v) is 11.0. The molecule has 53 heavy (non-hydrogen) atoms. The van der Waals surface area contributed by atoms with Gasteiger partial charge in [-0.25, -0.2) is 0 Å². The van der Waals surface area contributed by atoms with Crippen molar-refractivity contribution in [2.24, 2.45) is 0 Å². The Bertz CT molecular complexity index is 1560. The first-order valence-corrected chi connectivity index (χ1v) is 18.1. The Kier molecular flexibility index (Phi) is 14.5. The highest BCUT2D eigenvalue weighted by molar-refractivity contribution is 5.76. The standard InChI is InChI=1S/C20H30O6.C19H26O6.2B/c1-7-12-10-14(13-8-9-25-15(13)11(12)2)16-17(21-3)18(22-4)19(23-5)20(24-6)26-16;1-5-10-8-12(11-6-7-22-15(11)9(10)2)13(20)16-14(21)17-18(23-16)25-19(3,4)24-17;;/h10,16-20H,7-9H2,1-6H3;8,13-14,16-18,20-21H,5-7H2,1-4H3;;/t16?,17-,18+,19-,20?;13-,14+,16-,17-,18-;;/m00../s1. The van der Waals surface area contributed by atoms with Crippen LogP contribution in [0.3, 0.4) is 0 Å². The van der Waals surface area contributed by atoms with Gasteiger partial charge in [-0.15, -0.1) is 0 Å². The molecule has 5 aliphatic rings. The summed E-state index contributed by atoms with van der Waals surface area (Å²) in [5.74, 6) is 1.07. The summed E-state index contributed by atoms with van der Waals surface area (Å²) in [6.07, 6.45) is -2.39. The van der Waals surface area contributed by atoms with Crippen molar-refractivity contribution in [1.82, 2.24) is 0 Å². The fraction of sp³-hybridized carbons (Fsp3) is 0.692. The maximum absolute atomic E-state index is 11.0. The molecular weight excluding hydrogens is 682 g/mol. The zero-order chi connectivity index (χ0) is 36.8. The summed E-state index contributed by atoms with van der Waals surface area (Å²) >= 11 is 0. The van der Waals surface area contributed by atoms with Crippen LogP contribution in [0.1, 0.15) is 84.4 Å². The first-order valence-electron chi connectivity index (χ1n) is 18.1. The molecule has 10 atom stereocenters. The minimum Gasteiger partial charge on any atom is -0.493 e. The summed E-state index contributed by atoms with van der Waals surface area (Å²) in [4.78, 5) is 0. The smallest absolute Gasteiger partial charge is 0.190 e. The molecule has 2 aromatic rings. The molecule has 0 saturated carbocycles. The van der Waals surface area contributed by atoms with Gasteiger partial charge in [0, 0.05) is 69.2 Å². The number of aliphatic hydroxyl groups is 2. The van der Waals surface area contributed by atoms with Gasteiger partial charge in [0.15, 0.2) is 18.4 Å². The van der Waals surface area contributed by atoms with Crippen molar-refractivity contribution in [3.05, 3.63) is 56.6 Å². The lowest BCUT2D eigenvalue weighted by Crippen LogP contribution is -2.57. The average molecular weight is 738 g/mol. The summed E-state index contributed by atoms with van der Waals surface area (Å²) in [5, 5.41) is 21.6. The molecule has 5 heterocycles. The summed E-state index contributed by atoms with van der Waals surface area (Å²) in [6, 6.07) is 4.25. The van der Waals surface area contributed by atoms with Gasteiger partial charge in [0.2, 0.25) is 0 Å². The maximum atomic E-state index is 11.0. The number of rotatable bonds is 9. The van der Waals surface area contributed by atoms with E-state index in [1.807, 2.05) is 13.0 Å². The number of benzene rings is 2. The van der Waals surface area contributed by atoms with E-state index in [4.69, 9.17) is 47.4 Å². The van der Waals surface area contributed by atoms with Gasteiger partial charge in [0.25, 0.3) is 0 Å². The summed E-state index contributed by atoms with van der Waals surface area (Å²) in [7, 11) is 6.59. The molecule has 5 aliphatic heterocycles. The van der Waals surface area contributed by atoms with Crippen molar-refractivity contribution >= 4 is 16.8 Å². The molecule has 0 amide bonds. The van der Waals surface area contributed by atoms with E-state index in [-0.39, 0.29) is 41.2 Å². The van der Waals surface area contributed by atoms with Gasteiger partial charge in [-0.2, -0.15) is 0 Å². The van der Waals surface area contributed by atoms with E-state index in [9.17, 15) is 10.2 Å². The van der Waals surface area contributed by atoms with Crippen LogP contribution in [-0.2, 0) is 63.6 Å². The van der Waals surface area contributed by atoms with Crippen LogP contribution < -0.4 is 9.47 Å². The van der Waals surface area contributed by atoms with Crippen molar-refractivity contribution < 1.29 is 57.6 Å². The van der Waals surface area contributed by atoms with E-state index in [2.05, 4.69) is 26.8 Å². The Morgan fingerprint density at radius 2 is 1.34 bits per heavy atom. The monoisotopic (exact) mass is 738 g/mol. The number of ether oxygens (including phenoxy) is 10. The highest BCUT2D eigenvalue weighted by atomic mass is 16.8. The van der Waals surface area contributed by atoms with Gasteiger partial charge in [-0.1, -0.05) is 26.0 Å². The molecule has 12 nitrogen and oxygen atoms in total. The van der Waals surface area contributed by atoms with Crippen molar-refractivity contribution in [1.29, 1.82) is 0 Å². The minimum absolute atomic E-state index is 0. The minimum atomic E-state index is -0.961. The van der Waals surface area contributed by atoms with E-state index in [1.165, 1.54) is 16.7 Å². The van der Waals surface area contributed by atoms with Gasteiger partial charge >= 0.3 is 0 Å². The lowest BCUT2D eigenvalue weighted by molar-refractivity contribution is -0.305. The highest BCUT2D eigenvalue weighted by Gasteiger charge is 2.56. The summed E-state index contributed by atoms with van der Waals surface area (Å²) in [6.45, 7) is 13.3. The van der Waals surface area contributed by atoms with Crippen LogP contribution in [0, 0.1) is 13.8 Å². The third-order valence-electron chi connectivity index (χ3n) is 11.0. The second-order valence-corrected chi connectivity index (χ2v) is 14.3. The van der Waals surface area contributed by atoms with Crippen LogP contribution in [0.2, 0.25) is 0 Å². The maximum Gasteiger partial charge on any atom is 0.190 e. The largest absolute Gasteiger partial charge is 0.493 e. The van der Waals surface area contributed by atoms with Crippen LogP contribution in [0.4, 0.5) is 0 Å². The number of hydrogen-bond donors (Lipinski definition) is 2. The summed E-state index contributed by atoms with van der Waals surface area (Å²) < 4.78 is 58.0. The fourth-order valence-corrected chi connectivity index (χ4v) is 8.42. The molecule has 290 valence electrons. The van der Waals surface area contributed by atoms with E-state index in [0.29, 0.717) is 13.2 Å². The Balaban J connectivity index is 0.000000228. The quantitative estimate of drug-likeness (QED) is 0.365. The number of hydrogen-bond acceptors (Lipinski definition) is 12. The molecule has 0 bridgehead atoms. The fourth-order valence-electron chi connectivity index (χ4n) is 8.42. The lowest BCUT2D eigenvalue weighted by atomic mass is 9.87. The lowest BCUT2D eigenvalue weighted by Gasteiger charge is -2.44. The van der Waals surface area contributed by atoms with Crippen molar-refractivity contribution in [2.45, 2.75) is 134 Å². The first kappa shape index (κ1) is 43.5. The Hall–Kier alpha value is -2.23. The van der Waals surface area contributed by atoms with Gasteiger partial charge < -0.3 is 57.6 Å². The van der Waals surface area contributed by atoms with Crippen LogP contribution in [-0.4, -0.2) is 124 Å². The second kappa shape index (κ2) is 17.7. The number of aryl methyl sites for hydroxylation is 2. The van der Waals surface area contributed by atoms with E-state index in [1.54, 1.807) is 42.3 Å². The molecule has 7 rings (SSSR count). The summed E-state index contributed by atoms with van der Waals surface area (Å²) in [5.41, 5.74) is 8.83. The van der Waals surface area contributed by atoms with Gasteiger partial charge in [-0.3, -0.25) is 0 Å². The molecule has 2 aromatic carbocycles. The zero-order valence-corrected chi connectivity index (χ0v) is 32.8. The highest BCUT2D eigenvalue weighted by Crippen LogP contribution is 2.46. The van der Waals surface area contributed by atoms with Crippen LogP contribution in [0.5, 0.6) is 11.5 Å². The van der Waals surface area contributed by atoms with Crippen molar-refractivity contribution in [2.75, 3.05) is 41.7 Å². The molecule has 2 unspecified atom stereocenters. The molecule has 0 aromatic heterocycles. The molecule has 2 N–H and O–H groups in total. The first-order chi connectivity index (χ1) is 24.4. The Labute approximate surface area is 318 Å². The average Bonchev–Trinajstić information content (AvgIpc) is 3.93. The molecule has 3 saturated heterocycles. The Morgan fingerprint density at radius 1 is 0.774 bits per heavy atom. The predicted octanol–water partition coefficient (Wildman–Crippen LogP) is 3.58. The number of aliphatic hydroxyl groups excluding tert-OH is 2. The SMILES string of the molecule is CCc1cc(C2OC(OC)[C@@H](OC)[C@H](OC)[C@H]2OC)c2c(c1C)OCC2.CCc1cc([C@H](O)[C@@H]2O[C@H]3OC(C)(C)O[C@H]3[C@@H]2O)c2c(c1C)OCC2.[B].[B]. The normalized spacial score (nSPS) is 31.1. The predicted molar refractivity (Wildman–Crippen MR) is 198 cm³/mol. The van der Waals surface area contributed by atoms with Gasteiger partial charge in [0.05, 0.1) is 13.2 Å². The van der Waals surface area contributed by atoms with Crippen molar-refractivity contribution in [3.63, 3.8) is 0 Å². The van der Waals surface area contributed by atoms with E-state index < -0.39 is 42.8 Å². The molecule has 14 heteroatoms. The molecule has 6 radical (unpaired) electrons. The van der Waals surface area contributed by atoms with Crippen molar-refractivity contribution in [3.8, 4) is 11.5 Å².